The lowest BCUT2D eigenvalue weighted by Crippen LogP contribution is -2.29. The molecule has 2 heterocycles. The minimum Gasteiger partial charge on any atom is -0.491 e. The van der Waals surface area contributed by atoms with Crippen LogP contribution in [0.2, 0.25) is 0 Å². The molecule has 1 aromatic heterocycles. The van der Waals surface area contributed by atoms with Crippen molar-refractivity contribution >= 4 is 35.1 Å². The van der Waals surface area contributed by atoms with Crippen molar-refractivity contribution in [2.24, 2.45) is 5.92 Å². The van der Waals surface area contributed by atoms with E-state index in [4.69, 9.17) is 9.47 Å². The molecule has 5 rings (SSSR count). The van der Waals surface area contributed by atoms with Gasteiger partial charge in [-0.2, -0.15) is 0 Å². The molecule has 48 heavy (non-hydrogen) atoms. The van der Waals surface area contributed by atoms with E-state index in [0.717, 1.165) is 88.4 Å². The molecule has 1 amide bonds. The Hall–Kier alpha value is -4.01. The zero-order valence-electron chi connectivity index (χ0n) is 29.1. The Morgan fingerprint density at radius 3 is 2.46 bits per heavy atom. The van der Waals surface area contributed by atoms with Crippen LogP contribution in [0.15, 0.2) is 89.6 Å². The summed E-state index contributed by atoms with van der Waals surface area (Å²) in [5, 5.41) is 3.16. The SMILES string of the molecule is CCCCOCCOc1ccc(-c2ccc3c(c2)C=C(C(=O)Nc2ccc(SCc4nccn4C(C)C)cc2)CCN3CC(C)C)cc1. The summed E-state index contributed by atoms with van der Waals surface area (Å²) >= 11 is 1.75. The van der Waals surface area contributed by atoms with Crippen LogP contribution in [0.3, 0.4) is 0 Å². The second-order valence-corrected chi connectivity index (χ2v) is 14.0. The first-order chi connectivity index (χ1) is 23.3. The summed E-state index contributed by atoms with van der Waals surface area (Å²) in [5.74, 6) is 3.13. The lowest BCUT2D eigenvalue weighted by atomic mass is 10.00. The maximum absolute atomic E-state index is 13.6. The second-order valence-electron chi connectivity index (χ2n) is 13.0. The highest BCUT2D eigenvalue weighted by atomic mass is 32.2. The number of rotatable bonds is 16. The lowest BCUT2D eigenvalue weighted by Gasteiger charge is -2.27. The van der Waals surface area contributed by atoms with Crippen LogP contribution < -0.4 is 15.0 Å². The molecule has 0 bridgehead atoms. The topological polar surface area (TPSA) is 68.6 Å². The van der Waals surface area contributed by atoms with E-state index in [0.29, 0.717) is 31.6 Å². The van der Waals surface area contributed by atoms with E-state index >= 15 is 0 Å². The van der Waals surface area contributed by atoms with Crippen molar-refractivity contribution < 1.29 is 14.3 Å². The number of hydrogen-bond donors (Lipinski definition) is 1. The van der Waals surface area contributed by atoms with Crippen LogP contribution in [-0.2, 0) is 15.3 Å². The van der Waals surface area contributed by atoms with Crippen LogP contribution in [0.4, 0.5) is 11.4 Å². The first-order valence-corrected chi connectivity index (χ1v) is 18.3. The number of aromatic nitrogens is 2. The Bertz CT molecular complexity index is 1640. The number of nitrogens with one attached hydrogen (secondary N) is 1. The number of benzene rings is 3. The minimum absolute atomic E-state index is 0.0581. The monoisotopic (exact) mass is 666 g/mol. The summed E-state index contributed by atoms with van der Waals surface area (Å²) < 4.78 is 13.7. The number of imidazole rings is 1. The van der Waals surface area contributed by atoms with Gasteiger partial charge in [0.25, 0.3) is 5.91 Å². The third-order valence-corrected chi connectivity index (χ3v) is 9.35. The summed E-state index contributed by atoms with van der Waals surface area (Å²) in [6, 6.07) is 23.3. The van der Waals surface area contributed by atoms with Crippen molar-refractivity contribution in [3.8, 4) is 16.9 Å². The van der Waals surface area contributed by atoms with Crippen molar-refractivity contribution in [3.63, 3.8) is 0 Å². The van der Waals surface area contributed by atoms with E-state index in [1.807, 2.05) is 36.7 Å². The molecule has 0 spiro atoms. The van der Waals surface area contributed by atoms with Gasteiger partial charge in [-0.1, -0.05) is 45.4 Å². The predicted molar refractivity (Wildman–Crippen MR) is 200 cm³/mol. The van der Waals surface area contributed by atoms with Crippen molar-refractivity contribution in [1.29, 1.82) is 0 Å². The van der Waals surface area contributed by atoms with Gasteiger partial charge in [-0.3, -0.25) is 4.79 Å². The van der Waals surface area contributed by atoms with Crippen molar-refractivity contribution in [2.75, 3.05) is 43.1 Å². The number of fused-ring (bicyclic) bond motifs is 1. The first-order valence-electron chi connectivity index (χ1n) is 17.3. The number of thioether (sulfide) groups is 1. The van der Waals surface area contributed by atoms with Gasteiger partial charge in [0.15, 0.2) is 0 Å². The average molecular weight is 667 g/mol. The molecule has 7 nitrogen and oxygen atoms in total. The van der Waals surface area contributed by atoms with Gasteiger partial charge in [0.2, 0.25) is 0 Å². The molecule has 0 atom stereocenters. The Balaban J connectivity index is 1.26. The number of amides is 1. The summed E-state index contributed by atoms with van der Waals surface area (Å²) in [7, 11) is 0. The van der Waals surface area contributed by atoms with Gasteiger partial charge < -0.3 is 24.3 Å². The van der Waals surface area contributed by atoms with Crippen molar-refractivity contribution in [3.05, 3.63) is 96.1 Å². The second kappa shape index (κ2) is 17.4. The molecule has 3 aromatic carbocycles. The standard InChI is InChI=1S/C40H50N4O3S/c1-6-7-22-46-23-24-47-36-13-8-31(9-14-36)32-10-17-38-34(25-32)26-33(18-20-43(38)27-29(2)3)40(45)42-35-11-15-37(16-12-35)48-28-39-41-19-21-44(39)30(4)5/h8-17,19,21,25-26,29-30H,6-7,18,20,22-24,27-28H2,1-5H3,(H,42,45). The predicted octanol–water partition coefficient (Wildman–Crippen LogP) is 9.51. The minimum atomic E-state index is -0.0581. The highest BCUT2D eigenvalue weighted by Gasteiger charge is 2.21. The van der Waals surface area contributed by atoms with E-state index in [-0.39, 0.29) is 5.91 Å². The van der Waals surface area contributed by atoms with Crippen LogP contribution in [0.1, 0.15) is 71.3 Å². The summed E-state index contributed by atoms with van der Waals surface area (Å²) in [4.78, 5) is 21.7. The number of carbonyl (C=O) groups excluding carboxylic acids is 1. The Morgan fingerprint density at radius 1 is 0.958 bits per heavy atom. The molecule has 0 unspecified atom stereocenters. The van der Waals surface area contributed by atoms with E-state index in [2.05, 4.69) is 103 Å². The first kappa shape index (κ1) is 35.3. The van der Waals surface area contributed by atoms with Gasteiger partial charge in [-0.25, -0.2) is 4.98 Å². The average Bonchev–Trinajstić information content (AvgIpc) is 3.49. The third kappa shape index (κ3) is 9.77. The number of ether oxygens (including phenoxy) is 2. The lowest BCUT2D eigenvalue weighted by molar-refractivity contribution is -0.112. The number of anilines is 2. The maximum atomic E-state index is 13.6. The van der Waals surface area contributed by atoms with Crippen LogP contribution in [-0.4, -0.2) is 48.4 Å². The molecule has 1 aliphatic rings. The van der Waals surface area contributed by atoms with Crippen LogP contribution in [0, 0.1) is 5.92 Å². The molecule has 0 fully saturated rings. The van der Waals surface area contributed by atoms with Crippen molar-refractivity contribution in [2.45, 2.75) is 70.6 Å². The summed E-state index contributed by atoms with van der Waals surface area (Å²) in [6.45, 7) is 14.6. The van der Waals surface area contributed by atoms with Crippen LogP contribution in [0.25, 0.3) is 17.2 Å². The van der Waals surface area contributed by atoms with Gasteiger partial charge >= 0.3 is 0 Å². The number of hydrogen-bond acceptors (Lipinski definition) is 6. The molecule has 254 valence electrons. The molecule has 4 aromatic rings. The van der Waals surface area contributed by atoms with Crippen molar-refractivity contribution in [1.82, 2.24) is 9.55 Å². The van der Waals surface area contributed by atoms with Gasteiger partial charge in [0.05, 0.1) is 12.4 Å². The fourth-order valence-electron chi connectivity index (χ4n) is 5.81. The Labute approximate surface area is 290 Å². The molecule has 1 N–H and O–H groups in total. The highest BCUT2D eigenvalue weighted by molar-refractivity contribution is 7.98. The van der Waals surface area contributed by atoms with E-state index in [1.165, 1.54) is 0 Å². The molecular weight excluding hydrogens is 617 g/mol. The maximum Gasteiger partial charge on any atom is 0.251 e. The van der Waals surface area contributed by atoms with Crippen LogP contribution >= 0.6 is 11.8 Å². The molecule has 8 heteroatoms. The Kier molecular flexibility index (Phi) is 12.8. The van der Waals surface area contributed by atoms with E-state index in [9.17, 15) is 4.79 Å². The van der Waals surface area contributed by atoms with Crippen LogP contribution in [0.5, 0.6) is 5.75 Å². The number of carbonyl (C=O) groups is 1. The zero-order valence-corrected chi connectivity index (χ0v) is 29.9. The molecule has 0 saturated heterocycles. The van der Waals surface area contributed by atoms with Gasteiger partial charge in [0.1, 0.15) is 18.2 Å². The molecule has 0 saturated carbocycles. The molecule has 1 aliphatic heterocycles. The van der Waals surface area contributed by atoms with E-state index in [1.54, 1.807) is 11.8 Å². The van der Waals surface area contributed by atoms with Gasteiger partial charge in [-0.05, 0) is 104 Å². The fourth-order valence-corrected chi connectivity index (χ4v) is 6.66. The van der Waals surface area contributed by atoms with Gasteiger partial charge in [-0.15, -0.1) is 11.8 Å². The fraction of sp³-hybridized carbons (Fsp3) is 0.400. The smallest absolute Gasteiger partial charge is 0.251 e. The summed E-state index contributed by atoms with van der Waals surface area (Å²) in [5.41, 5.74) is 6.01. The molecule has 0 radical (unpaired) electrons. The number of nitrogens with zero attached hydrogens (tertiary/aromatic N) is 3. The summed E-state index contributed by atoms with van der Waals surface area (Å²) in [6.07, 6.45) is 8.85. The Morgan fingerprint density at radius 2 is 1.73 bits per heavy atom. The van der Waals surface area contributed by atoms with Gasteiger partial charge in [0, 0.05) is 60.0 Å². The largest absolute Gasteiger partial charge is 0.491 e. The molecule has 0 aliphatic carbocycles. The quantitative estimate of drug-likeness (QED) is 0.0949. The molecular formula is C40H50N4O3S. The number of unbranched alkanes of at least 4 members (excludes halogenated alkanes) is 1. The van der Waals surface area contributed by atoms with E-state index < -0.39 is 0 Å². The third-order valence-electron chi connectivity index (χ3n) is 8.34. The highest BCUT2D eigenvalue weighted by Crippen LogP contribution is 2.34. The zero-order chi connectivity index (χ0) is 33.9. The normalized spacial score (nSPS) is 13.0.